The first-order valence-electron chi connectivity index (χ1n) is 13.7. The molecule has 0 radical (unpaired) electrons. The van der Waals surface area contributed by atoms with Crippen molar-refractivity contribution in [1.29, 1.82) is 0 Å². The number of allylic oxidation sites excluding steroid dienone is 1. The Kier molecular flexibility index (Phi) is 11.1. The zero-order valence-corrected chi connectivity index (χ0v) is 24.1. The van der Waals surface area contributed by atoms with E-state index in [1.165, 1.54) is 42.7 Å². The van der Waals surface area contributed by atoms with Gasteiger partial charge in [0, 0.05) is 24.4 Å². The Morgan fingerprint density at radius 2 is 1.88 bits per heavy atom. The number of ketones is 1. The number of primary amides is 1. The number of aromatic nitrogens is 1. The van der Waals surface area contributed by atoms with Crippen LogP contribution in [0.5, 0.6) is 0 Å². The molecule has 41 heavy (non-hydrogen) atoms. The van der Waals surface area contributed by atoms with E-state index >= 15 is 0 Å². The molecule has 0 spiro atoms. The summed E-state index contributed by atoms with van der Waals surface area (Å²) < 4.78 is 1.19. The number of carbonyl (C=O) groups excluding carboxylic acids is 5. The first-order valence-corrected chi connectivity index (χ1v) is 14.5. The number of Topliss-reactive ketones (excluding diaryl/α,β-unsaturated/α-hetero) is 1. The quantitative estimate of drug-likeness (QED) is 0.111. The Balaban J connectivity index is 1.71. The Bertz CT molecular complexity index is 1270. The highest BCUT2D eigenvalue weighted by molar-refractivity contribution is 8.01. The molecule has 5 atom stereocenters. The molecule has 3 rings (SSSR count). The topological polar surface area (TPSA) is 222 Å². The van der Waals surface area contributed by atoms with Crippen molar-refractivity contribution in [2.75, 3.05) is 5.32 Å². The van der Waals surface area contributed by atoms with Crippen LogP contribution in [0.1, 0.15) is 58.8 Å². The van der Waals surface area contributed by atoms with Gasteiger partial charge in [0.2, 0.25) is 17.6 Å². The zero-order valence-electron chi connectivity index (χ0n) is 23.3. The lowest BCUT2D eigenvalue weighted by Gasteiger charge is -2.44. The first kappa shape index (κ1) is 31.9. The molecule has 1 aromatic rings. The van der Waals surface area contributed by atoms with Crippen molar-refractivity contribution in [2.45, 2.75) is 77.4 Å². The maximum atomic E-state index is 13.1. The van der Waals surface area contributed by atoms with Crippen LogP contribution in [0.2, 0.25) is 0 Å². The van der Waals surface area contributed by atoms with Crippen LogP contribution in [-0.4, -0.2) is 46.1 Å². The molecule has 2 bridgehead atoms. The van der Waals surface area contributed by atoms with E-state index in [9.17, 15) is 28.8 Å². The molecule has 13 nitrogen and oxygen atoms in total. The summed E-state index contributed by atoms with van der Waals surface area (Å²) in [5.74, 6) is -2.48. The molecule has 1 heterocycles. The molecule has 224 valence electrons. The third-order valence-electron chi connectivity index (χ3n) is 7.81. The van der Waals surface area contributed by atoms with Gasteiger partial charge >= 0.3 is 0 Å². The van der Waals surface area contributed by atoms with E-state index in [1.54, 1.807) is 0 Å². The lowest BCUT2D eigenvalue weighted by atomic mass is 9.65. The number of fused-ring (bicyclic) bond motifs is 2. The van der Waals surface area contributed by atoms with E-state index in [0.29, 0.717) is 23.8 Å². The molecule has 14 heteroatoms. The van der Waals surface area contributed by atoms with Crippen LogP contribution in [0.25, 0.3) is 0 Å². The van der Waals surface area contributed by atoms with Gasteiger partial charge in [-0.05, 0) is 74.4 Å². The zero-order chi connectivity index (χ0) is 30.3. The van der Waals surface area contributed by atoms with Gasteiger partial charge in [0.05, 0.1) is 0 Å². The maximum Gasteiger partial charge on any atom is 0.284 e. The summed E-state index contributed by atoms with van der Waals surface area (Å²) in [5, 5.41) is 13.5. The van der Waals surface area contributed by atoms with Gasteiger partial charge in [-0.3, -0.25) is 33.9 Å². The average Bonchev–Trinajstić information content (AvgIpc) is 2.91. The molecular formula is C27H39N7O6S. The number of rotatable bonds is 12. The Morgan fingerprint density at radius 1 is 1.15 bits per heavy atom. The van der Waals surface area contributed by atoms with Gasteiger partial charge in [-0.2, -0.15) is 0 Å². The molecule has 5 unspecified atom stereocenters. The van der Waals surface area contributed by atoms with Crippen molar-refractivity contribution < 1.29 is 24.0 Å². The van der Waals surface area contributed by atoms with Crippen LogP contribution in [0, 0.1) is 17.8 Å². The van der Waals surface area contributed by atoms with Gasteiger partial charge in [-0.25, -0.2) is 0 Å². The highest BCUT2D eigenvalue weighted by atomic mass is 32.2. The van der Waals surface area contributed by atoms with Crippen LogP contribution < -0.4 is 38.1 Å². The third kappa shape index (κ3) is 8.43. The molecule has 2 fully saturated rings. The fourth-order valence-electron chi connectivity index (χ4n) is 5.85. The van der Waals surface area contributed by atoms with Crippen molar-refractivity contribution in [3.05, 3.63) is 39.3 Å². The van der Waals surface area contributed by atoms with E-state index in [0.717, 1.165) is 25.2 Å². The van der Waals surface area contributed by atoms with E-state index in [2.05, 4.69) is 22.9 Å². The van der Waals surface area contributed by atoms with Gasteiger partial charge in [0.15, 0.2) is 0 Å². The maximum absolute atomic E-state index is 13.1. The van der Waals surface area contributed by atoms with Gasteiger partial charge in [0.1, 0.15) is 23.2 Å². The smallest absolute Gasteiger partial charge is 0.284 e. The standard InChI is InChI=1S/C27H39N7O6S/c1-14-11-16-5-3-6-17(12-16)22(14)33-21(36)13-34-10-4-7-19(27(34)40)32-25(38)18(8-9-20(35)24(29)37)31-26(39)23(41-30)15(2)28/h4,7,10,14,16-18,22H,3,5-6,8-9,11-13,28,30H2,1-2H3,(H2,29,37)(H,31,39)(H,32,38)(H,33,36)/b23-15-. The fourth-order valence-corrected chi connectivity index (χ4v) is 6.20. The number of carbonyl (C=O) groups is 5. The lowest BCUT2D eigenvalue weighted by molar-refractivity contribution is -0.136. The molecule has 2 aliphatic rings. The number of hydrogen-bond donors (Lipinski definition) is 6. The minimum atomic E-state index is -1.34. The minimum Gasteiger partial charge on any atom is -0.401 e. The Morgan fingerprint density at radius 3 is 2.54 bits per heavy atom. The number of nitrogens with one attached hydrogen (secondary N) is 3. The Hall–Kier alpha value is -3.65. The molecule has 0 aliphatic heterocycles. The van der Waals surface area contributed by atoms with Crippen molar-refractivity contribution in [1.82, 2.24) is 15.2 Å². The van der Waals surface area contributed by atoms with Crippen molar-refractivity contribution >= 4 is 47.0 Å². The summed E-state index contributed by atoms with van der Waals surface area (Å²) in [6.45, 7) is 3.38. The molecule has 0 aromatic carbocycles. The SMILES string of the molecule is C/C(N)=C(/SN)C(=O)NC(CCC(=O)C(N)=O)C(=O)Nc1cccn(CC(=O)NC2C(C)CC3CCCC2C3)c1=O. The molecule has 9 N–H and O–H groups in total. The number of hydrogen-bond acceptors (Lipinski definition) is 9. The second-order valence-electron chi connectivity index (χ2n) is 10.9. The number of nitrogens with two attached hydrogens (primary N) is 3. The first-order chi connectivity index (χ1) is 19.4. The van der Waals surface area contributed by atoms with E-state index in [4.69, 9.17) is 16.6 Å². The van der Waals surface area contributed by atoms with E-state index < -0.39 is 41.5 Å². The summed E-state index contributed by atoms with van der Waals surface area (Å²) in [5.41, 5.74) is 10.0. The average molecular weight is 590 g/mol. The van der Waals surface area contributed by atoms with Gasteiger partial charge in [-0.15, -0.1) is 0 Å². The monoisotopic (exact) mass is 589 g/mol. The second kappa shape index (κ2) is 14.3. The fraction of sp³-hybridized carbons (Fsp3) is 0.556. The molecule has 2 saturated carbocycles. The van der Waals surface area contributed by atoms with Crippen LogP contribution >= 0.6 is 11.9 Å². The Labute approximate surface area is 242 Å². The molecule has 2 aliphatic carbocycles. The molecular weight excluding hydrogens is 550 g/mol. The molecule has 0 saturated heterocycles. The number of amides is 4. The number of anilines is 1. The lowest BCUT2D eigenvalue weighted by Crippen LogP contribution is -2.50. The van der Waals surface area contributed by atoms with Gasteiger partial charge in [0.25, 0.3) is 17.4 Å². The van der Waals surface area contributed by atoms with E-state index in [1.807, 2.05) is 0 Å². The molecule has 4 amide bonds. The largest absolute Gasteiger partial charge is 0.401 e. The minimum absolute atomic E-state index is 0.0480. The predicted octanol–water partition coefficient (Wildman–Crippen LogP) is 0.234. The number of pyridine rings is 1. The van der Waals surface area contributed by atoms with Crippen LogP contribution in [-0.2, 0) is 30.5 Å². The second-order valence-corrected chi connectivity index (χ2v) is 11.6. The van der Waals surface area contributed by atoms with Gasteiger partial charge < -0.3 is 32.0 Å². The summed E-state index contributed by atoms with van der Waals surface area (Å²) in [4.78, 5) is 74.8. The summed E-state index contributed by atoms with van der Waals surface area (Å²) >= 11 is 0.579. The normalized spacial score (nSPS) is 23.0. The van der Waals surface area contributed by atoms with Crippen LogP contribution in [0.15, 0.2) is 33.7 Å². The summed E-state index contributed by atoms with van der Waals surface area (Å²) in [7, 11) is 0. The van der Waals surface area contributed by atoms with E-state index in [-0.39, 0.29) is 41.2 Å². The highest BCUT2D eigenvalue weighted by Gasteiger charge is 2.38. The van der Waals surface area contributed by atoms with Crippen LogP contribution in [0.4, 0.5) is 5.69 Å². The third-order valence-corrected chi connectivity index (χ3v) is 8.55. The van der Waals surface area contributed by atoms with Crippen molar-refractivity contribution in [3.8, 4) is 0 Å². The summed E-state index contributed by atoms with van der Waals surface area (Å²) in [6, 6.07) is 1.59. The predicted molar refractivity (Wildman–Crippen MR) is 155 cm³/mol. The number of nitrogens with zero attached hydrogens (tertiary/aromatic N) is 1. The van der Waals surface area contributed by atoms with Crippen LogP contribution in [0.3, 0.4) is 0 Å². The van der Waals surface area contributed by atoms with Crippen molar-refractivity contribution in [2.24, 2.45) is 34.4 Å². The van der Waals surface area contributed by atoms with Gasteiger partial charge in [-0.1, -0.05) is 19.8 Å². The molecule has 1 aromatic heterocycles. The summed E-state index contributed by atoms with van der Waals surface area (Å²) in [6.07, 6.45) is 6.44. The highest BCUT2D eigenvalue weighted by Crippen LogP contribution is 2.42. The van der Waals surface area contributed by atoms with Crippen molar-refractivity contribution in [3.63, 3.8) is 0 Å².